The van der Waals surface area contributed by atoms with Crippen LogP contribution in [0.4, 0.5) is 16.0 Å². The molecule has 42 heavy (non-hydrogen) atoms. The Balaban J connectivity index is 1.17. The molecule has 0 atom stereocenters. The monoisotopic (exact) mass is 646 g/mol. The molecule has 13 heteroatoms. The van der Waals surface area contributed by atoms with E-state index >= 15 is 0 Å². The van der Waals surface area contributed by atoms with E-state index in [9.17, 15) is 14.7 Å². The van der Waals surface area contributed by atoms with E-state index in [1.54, 1.807) is 23.5 Å². The Labute approximate surface area is 262 Å². The largest absolute Gasteiger partial charge is 0.478 e. The Morgan fingerprint density at radius 3 is 2.45 bits per heavy atom. The number of carboxylic acid groups (broad SMARTS) is 1. The summed E-state index contributed by atoms with van der Waals surface area (Å²) in [7, 11) is 0. The number of nitrogens with zero attached hydrogens (tertiary/aromatic N) is 5. The number of nitrogens with one attached hydrogen (secondary N) is 1. The molecule has 1 amide bonds. The third kappa shape index (κ3) is 6.45. The predicted octanol–water partition coefficient (Wildman–Crippen LogP) is 6.50. The van der Waals surface area contributed by atoms with Crippen molar-refractivity contribution in [1.29, 1.82) is 0 Å². The van der Waals surface area contributed by atoms with Gasteiger partial charge >= 0.3 is 5.97 Å². The van der Waals surface area contributed by atoms with Gasteiger partial charge in [0.15, 0.2) is 5.13 Å². The van der Waals surface area contributed by atoms with Gasteiger partial charge in [-0.15, -0.1) is 11.3 Å². The van der Waals surface area contributed by atoms with Gasteiger partial charge in [-0.3, -0.25) is 15.0 Å². The maximum atomic E-state index is 13.3. The van der Waals surface area contributed by atoms with Crippen LogP contribution in [0, 0.1) is 0 Å². The van der Waals surface area contributed by atoms with Gasteiger partial charge in [-0.1, -0.05) is 59.9 Å². The average Bonchev–Trinajstić information content (AvgIpc) is 3.63. The van der Waals surface area contributed by atoms with Crippen LogP contribution in [0.25, 0.3) is 10.6 Å². The summed E-state index contributed by atoms with van der Waals surface area (Å²) in [5.74, 6) is -0.728. The van der Waals surface area contributed by atoms with Gasteiger partial charge in [0, 0.05) is 62.5 Å². The molecule has 0 bridgehead atoms. The highest BCUT2D eigenvalue weighted by atomic mass is 35.5. The SMILES string of the molecule is O=C(O)C1=CCN(c2ncc(C(=O)Nc3nc(-c4cc(Cl)cs4)c(N4CCN(C5CCCCC5)CC4)s3)cc2Cl)CC1. The number of carboxylic acids is 1. The van der Waals surface area contributed by atoms with E-state index in [0.717, 1.165) is 41.8 Å². The zero-order valence-corrected chi connectivity index (χ0v) is 26.2. The molecule has 2 fully saturated rings. The fraction of sp³-hybridized carbons (Fsp3) is 0.448. The number of aliphatic carboxylic acids is 1. The van der Waals surface area contributed by atoms with Crippen LogP contribution in [0.1, 0.15) is 48.9 Å². The number of thiazole rings is 1. The van der Waals surface area contributed by atoms with E-state index in [1.807, 2.05) is 16.3 Å². The molecule has 0 spiro atoms. The number of pyridine rings is 1. The van der Waals surface area contributed by atoms with Gasteiger partial charge in [-0.05, 0) is 31.4 Å². The molecular formula is C29H32Cl2N6O3S2. The zero-order chi connectivity index (χ0) is 29.2. The minimum atomic E-state index is -0.905. The van der Waals surface area contributed by atoms with E-state index in [0.29, 0.717) is 57.7 Å². The van der Waals surface area contributed by atoms with Crippen molar-refractivity contribution in [3.8, 4) is 10.6 Å². The Morgan fingerprint density at radius 1 is 1.02 bits per heavy atom. The van der Waals surface area contributed by atoms with Crippen molar-refractivity contribution in [3.05, 3.63) is 51.0 Å². The number of hydrogen-bond donors (Lipinski definition) is 2. The second-order valence-corrected chi connectivity index (χ2v) is 13.6. The number of rotatable bonds is 7. The Bertz CT molecular complexity index is 1490. The highest BCUT2D eigenvalue weighted by Crippen LogP contribution is 2.42. The summed E-state index contributed by atoms with van der Waals surface area (Å²) < 4.78 is 0. The van der Waals surface area contributed by atoms with Crippen molar-refractivity contribution in [2.75, 3.05) is 54.4 Å². The van der Waals surface area contributed by atoms with Crippen molar-refractivity contribution in [2.45, 2.75) is 44.6 Å². The lowest BCUT2D eigenvalue weighted by Crippen LogP contribution is -2.50. The maximum absolute atomic E-state index is 13.3. The first-order chi connectivity index (χ1) is 20.4. The quantitative estimate of drug-likeness (QED) is 0.300. The second-order valence-electron chi connectivity index (χ2n) is 10.8. The van der Waals surface area contributed by atoms with Gasteiger partial charge in [-0.25, -0.2) is 14.8 Å². The van der Waals surface area contributed by atoms with Gasteiger partial charge in [0.1, 0.15) is 16.5 Å². The standard InChI is InChI=1S/C29H32Cl2N6O3S2/c30-20-15-23(41-17-20)24-27(37-12-10-35(11-13-37)21-4-2-1-3-5-21)42-29(33-24)34-26(38)19-14-22(31)25(32-16-19)36-8-6-18(7-9-36)28(39)40/h6,14-17,21H,1-5,7-13H2,(H,39,40)(H,33,34,38). The maximum Gasteiger partial charge on any atom is 0.331 e. The number of carbonyl (C=O) groups is 2. The van der Waals surface area contributed by atoms with Crippen molar-refractivity contribution in [2.24, 2.45) is 0 Å². The lowest BCUT2D eigenvalue weighted by atomic mass is 9.94. The summed E-state index contributed by atoms with van der Waals surface area (Å²) in [5.41, 5.74) is 1.54. The minimum Gasteiger partial charge on any atom is -0.478 e. The van der Waals surface area contributed by atoms with Crippen LogP contribution >= 0.6 is 45.9 Å². The molecular weight excluding hydrogens is 615 g/mol. The molecule has 0 aromatic carbocycles. The smallest absolute Gasteiger partial charge is 0.331 e. The number of aromatic nitrogens is 2. The first-order valence-electron chi connectivity index (χ1n) is 14.2. The third-order valence-corrected chi connectivity index (χ3v) is 10.8. The number of anilines is 3. The van der Waals surface area contributed by atoms with Crippen LogP contribution in [-0.2, 0) is 4.79 Å². The normalized spacial score (nSPS) is 18.7. The van der Waals surface area contributed by atoms with Crippen LogP contribution in [0.5, 0.6) is 0 Å². The molecule has 9 nitrogen and oxygen atoms in total. The highest BCUT2D eigenvalue weighted by molar-refractivity contribution is 7.21. The number of piperazine rings is 1. The fourth-order valence-electron chi connectivity index (χ4n) is 5.93. The van der Waals surface area contributed by atoms with Crippen molar-refractivity contribution < 1.29 is 14.7 Å². The summed E-state index contributed by atoms with van der Waals surface area (Å²) in [4.78, 5) is 41.7. The van der Waals surface area contributed by atoms with Gasteiger partial charge in [0.25, 0.3) is 5.91 Å². The van der Waals surface area contributed by atoms with Gasteiger partial charge in [-0.2, -0.15) is 0 Å². The number of thiophene rings is 1. The van der Waals surface area contributed by atoms with Gasteiger partial charge < -0.3 is 14.9 Å². The molecule has 6 rings (SSSR count). The molecule has 3 aromatic heterocycles. The van der Waals surface area contributed by atoms with E-state index in [2.05, 4.69) is 20.1 Å². The van der Waals surface area contributed by atoms with E-state index < -0.39 is 5.97 Å². The summed E-state index contributed by atoms with van der Waals surface area (Å²) in [6.45, 7) is 4.76. The third-order valence-electron chi connectivity index (χ3n) is 8.19. The van der Waals surface area contributed by atoms with E-state index in [4.69, 9.17) is 28.2 Å². The summed E-state index contributed by atoms with van der Waals surface area (Å²) in [5, 5.41) is 16.6. The first kappa shape index (κ1) is 29.4. The Hall–Kier alpha value is -2.70. The summed E-state index contributed by atoms with van der Waals surface area (Å²) in [6, 6.07) is 4.22. The van der Waals surface area contributed by atoms with Crippen LogP contribution in [-0.4, -0.2) is 77.2 Å². The summed E-state index contributed by atoms with van der Waals surface area (Å²) >= 11 is 15.8. The van der Waals surface area contributed by atoms with Crippen LogP contribution in [0.2, 0.25) is 10.0 Å². The molecule has 1 aliphatic carbocycles. The molecule has 2 aliphatic heterocycles. The van der Waals surface area contributed by atoms with E-state index in [1.165, 1.54) is 49.6 Å². The second kappa shape index (κ2) is 12.9. The number of carbonyl (C=O) groups excluding carboxylic acids is 1. The average molecular weight is 648 g/mol. The fourth-order valence-corrected chi connectivity index (χ4v) is 8.37. The Morgan fingerprint density at radius 2 is 1.81 bits per heavy atom. The molecule has 5 heterocycles. The number of hydrogen-bond acceptors (Lipinski definition) is 9. The molecule has 2 N–H and O–H groups in total. The van der Waals surface area contributed by atoms with Crippen LogP contribution < -0.4 is 15.1 Å². The summed E-state index contributed by atoms with van der Waals surface area (Å²) in [6.07, 6.45) is 10.2. The molecule has 3 aliphatic rings. The van der Waals surface area contributed by atoms with Crippen molar-refractivity contribution in [3.63, 3.8) is 0 Å². The molecule has 0 radical (unpaired) electrons. The van der Waals surface area contributed by atoms with Crippen LogP contribution in [0.15, 0.2) is 35.4 Å². The van der Waals surface area contributed by atoms with Crippen LogP contribution in [0.3, 0.4) is 0 Å². The van der Waals surface area contributed by atoms with Crippen molar-refractivity contribution >= 4 is 73.7 Å². The lowest BCUT2D eigenvalue weighted by molar-refractivity contribution is -0.132. The molecule has 3 aromatic rings. The number of halogens is 2. The first-order valence-corrected chi connectivity index (χ1v) is 16.7. The molecule has 222 valence electrons. The van der Waals surface area contributed by atoms with E-state index in [-0.39, 0.29) is 5.91 Å². The zero-order valence-electron chi connectivity index (χ0n) is 23.0. The molecule has 1 saturated carbocycles. The van der Waals surface area contributed by atoms with Crippen molar-refractivity contribution in [1.82, 2.24) is 14.9 Å². The lowest BCUT2D eigenvalue weighted by Gasteiger charge is -2.41. The van der Waals surface area contributed by atoms with Gasteiger partial charge in [0.05, 0.1) is 20.5 Å². The molecule has 1 saturated heterocycles. The number of amides is 1. The van der Waals surface area contributed by atoms with Gasteiger partial charge in [0.2, 0.25) is 0 Å². The Kier molecular flexibility index (Phi) is 9.01. The minimum absolute atomic E-state index is 0.320. The molecule has 0 unspecified atom stereocenters. The topological polar surface area (TPSA) is 102 Å². The highest BCUT2D eigenvalue weighted by Gasteiger charge is 2.29. The predicted molar refractivity (Wildman–Crippen MR) is 171 cm³/mol.